The van der Waals surface area contributed by atoms with Gasteiger partial charge in [0.1, 0.15) is 0 Å². The minimum absolute atomic E-state index is 0.0115. The number of hydrogen-bond acceptors (Lipinski definition) is 2. The van der Waals surface area contributed by atoms with E-state index in [1.165, 1.54) is 0 Å². The van der Waals surface area contributed by atoms with Gasteiger partial charge in [0, 0.05) is 24.7 Å². The molecule has 2 nitrogen and oxygen atoms in total. The summed E-state index contributed by atoms with van der Waals surface area (Å²) < 4.78 is 66.2. The average molecular weight is 294 g/mol. The maximum absolute atomic E-state index is 13.6. The molecule has 20 heavy (non-hydrogen) atoms. The Morgan fingerprint density at radius 2 is 1.50 bits per heavy atom. The largest absolute Gasteiger partial charge is 0.327 e. The van der Waals surface area contributed by atoms with E-state index in [-0.39, 0.29) is 18.5 Å². The molecule has 0 saturated carbocycles. The van der Waals surface area contributed by atoms with Gasteiger partial charge in [-0.15, -0.1) is 0 Å². The summed E-state index contributed by atoms with van der Waals surface area (Å²) in [4.78, 5) is 1.65. The van der Waals surface area contributed by atoms with Crippen LogP contribution in [0.15, 0.2) is 0 Å². The Morgan fingerprint density at radius 1 is 1.00 bits per heavy atom. The van der Waals surface area contributed by atoms with Crippen molar-refractivity contribution in [1.29, 1.82) is 0 Å². The molecule has 2 rings (SSSR count). The average Bonchev–Trinajstić information content (AvgIpc) is 2.43. The summed E-state index contributed by atoms with van der Waals surface area (Å²) in [5.41, 5.74) is 5.03. The van der Waals surface area contributed by atoms with Gasteiger partial charge >= 0.3 is 0 Å². The van der Waals surface area contributed by atoms with Crippen LogP contribution in [0.25, 0.3) is 0 Å². The minimum atomic E-state index is -2.13. The number of nitrogens with two attached hydrogens (primary N) is 1. The molecule has 1 aliphatic heterocycles. The van der Waals surface area contributed by atoms with Crippen molar-refractivity contribution in [1.82, 2.24) is 4.90 Å². The molecule has 1 saturated heterocycles. The summed E-state index contributed by atoms with van der Waals surface area (Å²) in [7, 11) is 0. The molecule has 1 fully saturated rings. The molecule has 1 heterocycles. The Labute approximate surface area is 113 Å². The molecule has 112 valence electrons. The summed E-state index contributed by atoms with van der Waals surface area (Å²) in [6.45, 7) is 2.49. The molecular formula is C13H15F5N2. The lowest BCUT2D eigenvalue weighted by Crippen LogP contribution is -2.45. The molecule has 1 aromatic rings. The Kier molecular flexibility index (Phi) is 4.29. The van der Waals surface area contributed by atoms with Gasteiger partial charge in [-0.1, -0.05) is 6.92 Å². The van der Waals surface area contributed by atoms with Crippen molar-refractivity contribution in [3.8, 4) is 0 Å². The van der Waals surface area contributed by atoms with Crippen LogP contribution in [-0.4, -0.2) is 24.0 Å². The van der Waals surface area contributed by atoms with E-state index < -0.39 is 34.6 Å². The van der Waals surface area contributed by atoms with E-state index in [2.05, 4.69) is 0 Å². The van der Waals surface area contributed by atoms with Crippen LogP contribution in [0.4, 0.5) is 22.0 Å². The molecule has 0 amide bonds. The summed E-state index contributed by atoms with van der Waals surface area (Å²) in [5.74, 6) is -9.35. The standard InChI is InChI=1S/C13H15F5N2/c1-6-4-20(3-2-8(6)19)5-7-9(14)11(16)13(18)12(17)10(7)15/h6,8H,2-5,19H2,1H3. The number of benzene rings is 1. The van der Waals surface area contributed by atoms with Gasteiger partial charge in [-0.2, -0.15) is 0 Å². The Balaban J connectivity index is 2.26. The van der Waals surface area contributed by atoms with Gasteiger partial charge in [-0.05, 0) is 18.9 Å². The van der Waals surface area contributed by atoms with Crippen molar-refractivity contribution in [2.45, 2.75) is 25.9 Å². The molecular weight excluding hydrogens is 279 g/mol. The van der Waals surface area contributed by atoms with Crippen molar-refractivity contribution in [3.05, 3.63) is 34.6 Å². The van der Waals surface area contributed by atoms with E-state index in [1.54, 1.807) is 4.90 Å². The van der Waals surface area contributed by atoms with Gasteiger partial charge in [-0.3, -0.25) is 4.90 Å². The lowest BCUT2D eigenvalue weighted by Gasteiger charge is -2.35. The second kappa shape index (κ2) is 5.65. The Morgan fingerprint density at radius 3 is 2.00 bits per heavy atom. The zero-order valence-corrected chi connectivity index (χ0v) is 10.9. The quantitative estimate of drug-likeness (QED) is 0.516. The maximum atomic E-state index is 13.6. The first-order chi connectivity index (χ1) is 9.32. The summed E-state index contributed by atoms with van der Waals surface area (Å²) >= 11 is 0. The molecule has 0 spiro atoms. The van der Waals surface area contributed by atoms with E-state index in [9.17, 15) is 22.0 Å². The number of piperidine rings is 1. The minimum Gasteiger partial charge on any atom is -0.327 e. The summed E-state index contributed by atoms with van der Waals surface area (Å²) in [6, 6.07) is -0.0115. The fourth-order valence-electron chi connectivity index (χ4n) is 2.41. The first-order valence-corrected chi connectivity index (χ1v) is 6.31. The van der Waals surface area contributed by atoms with Crippen LogP contribution in [0.3, 0.4) is 0 Å². The molecule has 0 radical (unpaired) electrons. The second-order valence-electron chi connectivity index (χ2n) is 5.21. The molecule has 0 bridgehead atoms. The van der Waals surface area contributed by atoms with Crippen molar-refractivity contribution in [2.24, 2.45) is 11.7 Å². The molecule has 2 atom stereocenters. The van der Waals surface area contributed by atoms with Gasteiger partial charge < -0.3 is 5.73 Å². The number of hydrogen-bond donors (Lipinski definition) is 1. The van der Waals surface area contributed by atoms with E-state index >= 15 is 0 Å². The number of rotatable bonds is 2. The van der Waals surface area contributed by atoms with Crippen LogP contribution in [0, 0.1) is 35.0 Å². The highest BCUT2D eigenvalue weighted by atomic mass is 19.2. The lowest BCUT2D eigenvalue weighted by molar-refractivity contribution is 0.153. The molecule has 0 aromatic heterocycles. The summed E-state index contributed by atoms with van der Waals surface area (Å²) in [6.07, 6.45) is 0.622. The van der Waals surface area contributed by atoms with Crippen LogP contribution < -0.4 is 5.73 Å². The molecule has 1 aliphatic rings. The predicted octanol–water partition coefficient (Wildman–Crippen LogP) is 2.55. The van der Waals surface area contributed by atoms with Gasteiger partial charge in [0.05, 0.1) is 0 Å². The summed E-state index contributed by atoms with van der Waals surface area (Å²) in [5, 5.41) is 0. The fourth-order valence-corrected chi connectivity index (χ4v) is 2.41. The number of halogens is 5. The normalized spacial score (nSPS) is 24.1. The van der Waals surface area contributed by atoms with Crippen LogP contribution in [0.5, 0.6) is 0 Å². The van der Waals surface area contributed by atoms with Gasteiger partial charge in [-0.25, -0.2) is 22.0 Å². The third-order valence-electron chi connectivity index (χ3n) is 3.74. The van der Waals surface area contributed by atoms with Crippen LogP contribution in [-0.2, 0) is 6.54 Å². The fraction of sp³-hybridized carbons (Fsp3) is 0.538. The van der Waals surface area contributed by atoms with Crippen LogP contribution >= 0.6 is 0 Å². The van der Waals surface area contributed by atoms with Crippen molar-refractivity contribution >= 4 is 0 Å². The molecule has 1 aromatic carbocycles. The molecule has 2 unspecified atom stereocenters. The molecule has 7 heteroatoms. The first-order valence-electron chi connectivity index (χ1n) is 6.31. The SMILES string of the molecule is CC1CN(Cc2c(F)c(F)c(F)c(F)c2F)CCC1N. The highest BCUT2D eigenvalue weighted by molar-refractivity contribution is 5.24. The first kappa shape index (κ1) is 15.2. The second-order valence-corrected chi connectivity index (χ2v) is 5.21. The predicted molar refractivity (Wildman–Crippen MR) is 63.3 cm³/mol. The van der Waals surface area contributed by atoms with Crippen LogP contribution in [0.1, 0.15) is 18.9 Å². The molecule has 2 N–H and O–H groups in total. The highest BCUT2D eigenvalue weighted by Crippen LogP contribution is 2.25. The van der Waals surface area contributed by atoms with Gasteiger partial charge in [0.25, 0.3) is 0 Å². The smallest absolute Gasteiger partial charge is 0.200 e. The van der Waals surface area contributed by atoms with Crippen molar-refractivity contribution in [3.63, 3.8) is 0 Å². The van der Waals surface area contributed by atoms with E-state index in [0.717, 1.165) is 0 Å². The van der Waals surface area contributed by atoms with E-state index in [4.69, 9.17) is 5.73 Å². The van der Waals surface area contributed by atoms with Crippen molar-refractivity contribution in [2.75, 3.05) is 13.1 Å². The molecule has 0 aliphatic carbocycles. The topological polar surface area (TPSA) is 29.3 Å². The third kappa shape index (κ3) is 2.64. The number of likely N-dealkylation sites (tertiary alicyclic amines) is 1. The van der Waals surface area contributed by atoms with Crippen LogP contribution in [0.2, 0.25) is 0 Å². The Bertz CT molecular complexity index is 491. The van der Waals surface area contributed by atoms with Gasteiger partial charge in [0.15, 0.2) is 23.3 Å². The van der Waals surface area contributed by atoms with Gasteiger partial charge in [0.2, 0.25) is 5.82 Å². The number of nitrogens with zero attached hydrogens (tertiary/aromatic N) is 1. The highest BCUT2D eigenvalue weighted by Gasteiger charge is 2.29. The lowest BCUT2D eigenvalue weighted by atomic mass is 9.94. The van der Waals surface area contributed by atoms with E-state index in [0.29, 0.717) is 19.5 Å². The monoisotopic (exact) mass is 294 g/mol. The zero-order valence-electron chi connectivity index (χ0n) is 10.9. The maximum Gasteiger partial charge on any atom is 0.200 e. The van der Waals surface area contributed by atoms with Crippen molar-refractivity contribution < 1.29 is 22.0 Å². The zero-order chi connectivity index (χ0) is 15.0. The third-order valence-corrected chi connectivity index (χ3v) is 3.74. The van der Waals surface area contributed by atoms with E-state index in [1.807, 2.05) is 6.92 Å². The Hall–Kier alpha value is -1.21.